The van der Waals surface area contributed by atoms with Crippen molar-refractivity contribution in [3.05, 3.63) is 59.4 Å². The van der Waals surface area contributed by atoms with E-state index in [0.29, 0.717) is 58.5 Å². The molecule has 2 saturated heterocycles. The molecule has 2 aliphatic rings. The number of nitrogens with zero attached hydrogens (tertiary/aromatic N) is 4. The highest BCUT2D eigenvalue weighted by Gasteiger charge is 2.29. The van der Waals surface area contributed by atoms with Crippen LogP contribution in [-0.2, 0) is 14.6 Å². The number of ether oxygens (including phenoxy) is 1. The third kappa shape index (κ3) is 6.32. The van der Waals surface area contributed by atoms with E-state index in [1.807, 2.05) is 11.5 Å². The molecule has 4 heterocycles. The third-order valence-electron chi connectivity index (χ3n) is 7.09. The van der Waals surface area contributed by atoms with Crippen molar-refractivity contribution in [3.8, 4) is 5.75 Å². The molecule has 1 aromatic carbocycles. The first-order chi connectivity index (χ1) is 19.1. The average Bonchev–Trinajstić information content (AvgIpc) is 3.10. The van der Waals surface area contributed by atoms with Gasteiger partial charge in [-0.2, -0.15) is 0 Å². The minimum absolute atomic E-state index is 0.0987. The molecule has 0 bridgehead atoms. The van der Waals surface area contributed by atoms with Gasteiger partial charge >= 0.3 is 0 Å². The van der Waals surface area contributed by atoms with Gasteiger partial charge in [0.15, 0.2) is 9.84 Å². The summed E-state index contributed by atoms with van der Waals surface area (Å²) >= 11 is 6.85. The predicted molar refractivity (Wildman–Crippen MR) is 157 cm³/mol. The predicted octanol–water partition coefficient (Wildman–Crippen LogP) is 4.54. The second-order valence-corrected chi connectivity index (χ2v) is 14.6. The van der Waals surface area contributed by atoms with E-state index in [0.717, 1.165) is 19.3 Å². The van der Waals surface area contributed by atoms with E-state index in [9.17, 15) is 18.0 Å². The fourth-order valence-electron chi connectivity index (χ4n) is 5.14. The van der Waals surface area contributed by atoms with Gasteiger partial charge in [-0.1, -0.05) is 26.8 Å². The van der Waals surface area contributed by atoms with E-state index in [4.69, 9.17) is 21.3 Å². The smallest absolute Gasteiger partial charge is 0.258 e. The highest BCUT2D eigenvalue weighted by molar-refractivity contribution is 7.96. The molecule has 3 aromatic rings. The molecule has 5 rings (SSSR count). The van der Waals surface area contributed by atoms with Crippen LogP contribution in [-0.4, -0.2) is 69.8 Å². The number of pyridine rings is 1. The van der Waals surface area contributed by atoms with Crippen molar-refractivity contribution in [2.24, 2.45) is 0 Å². The van der Waals surface area contributed by atoms with E-state index in [1.54, 1.807) is 35.4 Å². The van der Waals surface area contributed by atoms with Crippen LogP contribution in [0.2, 0.25) is 5.02 Å². The molecule has 212 valence electrons. The summed E-state index contributed by atoms with van der Waals surface area (Å²) in [4.78, 5) is 36.5. The third-order valence-corrected chi connectivity index (χ3v) is 11.5. The Labute approximate surface area is 239 Å². The van der Waals surface area contributed by atoms with Gasteiger partial charge in [0.25, 0.3) is 5.91 Å². The van der Waals surface area contributed by atoms with Crippen LogP contribution in [0.1, 0.15) is 47.8 Å². The Morgan fingerprint density at radius 3 is 2.80 bits per heavy atom. The standard InChI is InChI=1S/C27H31ClN5O5PS/c1-3-23(34)32-10-5-4-6-19(15-32)33-25-21(28)13-20(38-24-8-11-40(36,37)16-39-24)14-22(25)30-27(33)31-26(35)18-7-9-29-17(2)12-18/h3,7,9,12-14,19,24,39H,1,4-6,8,10-11,15-16H2,2H3,(H,30,31,35)/t19-,24+/m1/s1. The first kappa shape index (κ1) is 28.5. The Hall–Kier alpha value is -3.01. The van der Waals surface area contributed by atoms with Gasteiger partial charge in [-0.05, 0) is 44.4 Å². The molecule has 1 N–H and O–H groups in total. The number of carbonyl (C=O) groups excluding carboxylic acids is 2. The maximum Gasteiger partial charge on any atom is 0.258 e. The molecule has 2 amide bonds. The lowest BCUT2D eigenvalue weighted by molar-refractivity contribution is -0.126. The fraction of sp³-hybridized carbons (Fsp3) is 0.407. The molecule has 13 heteroatoms. The highest BCUT2D eigenvalue weighted by atomic mass is 35.5. The molecule has 0 spiro atoms. The van der Waals surface area contributed by atoms with E-state index in [2.05, 4.69) is 16.9 Å². The number of amides is 2. The summed E-state index contributed by atoms with van der Waals surface area (Å²) in [5.74, 6) is 0.205. The summed E-state index contributed by atoms with van der Waals surface area (Å²) < 4.78 is 31.7. The van der Waals surface area contributed by atoms with Gasteiger partial charge in [-0.15, -0.1) is 0 Å². The van der Waals surface area contributed by atoms with Crippen LogP contribution >= 0.6 is 20.2 Å². The van der Waals surface area contributed by atoms with Crippen molar-refractivity contribution in [1.29, 1.82) is 0 Å². The Balaban J connectivity index is 1.53. The number of carbonyl (C=O) groups is 2. The monoisotopic (exact) mass is 603 g/mol. The Morgan fingerprint density at radius 2 is 2.08 bits per heavy atom. The number of rotatable bonds is 6. The van der Waals surface area contributed by atoms with E-state index in [-0.39, 0.29) is 43.5 Å². The zero-order valence-corrected chi connectivity index (χ0v) is 24.7. The number of likely N-dealkylation sites (tertiary alicyclic amines) is 1. The molecule has 1 unspecified atom stereocenters. The van der Waals surface area contributed by atoms with Crippen molar-refractivity contribution in [3.63, 3.8) is 0 Å². The molecule has 0 radical (unpaired) electrons. The molecule has 0 saturated carbocycles. The first-order valence-electron chi connectivity index (χ1n) is 13.1. The second-order valence-electron chi connectivity index (χ2n) is 10.0. The van der Waals surface area contributed by atoms with Crippen molar-refractivity contribution < 1.29 is 22.7 Å². The lowest BCUT2D eigenvalue weighted by Crippen LogP contribution is -2.34. The summed E-state index contributed by atoms with van der Waals surface area (Å²) in [5, 5.41) is 3.34. The van der Waals surface area contributed by atoms with Crippen LogP contribution in [0, 0.1) is 6.92 Å². The van der Waals surface area contributed by atoms with Crippen molar-refractivity contribution in [2.75, 3.05) is 29.7 Å². The summed E-state index contributed by atoms with van der Waals surface area (Å²) in [6.45, 7) is 6.49. The van der Waals surface area contributed by atoms with Crippen molar-refractivity contribution >= 4 is 58.8 Å². The van der Waals surface area contributed by atoms with E-state index >= 15 is 0 Å². The molecule has 3 atom stereocenters. The minimum atomic E-state index is -3.01. The van der Waals surface area contributed by atoms with Gasteiger partial charge in [0.1, 0.15) is 11.6 Å². The van der Waals surface area contributed by atoms with Crippen LogP contribution in [0.15, 0.2) is 43.1 Å². The van der Waals surface area contributed by atoms with Crippen LogP contribution in [0.25, 0.3) is 11.0 Å². The molecule has 10 nitrogen and oxygen atoms in total. The number of aromatic nitrogens is 3. The van der Waals surface area contributed by atoms with Gasteiger partial charge in [0, 0.05) is 49.1 Å². The Bertz CT molecular complexity index is 1560. The average molecular weight is 604 g/mol. The molecular formula is C27H31ClN5O5PS. The zero-order chi connectivity index (χ0) is 28.4. The number of fused-ring (bicyclic) bond motifs is 1. The summed E-state index contributed by atoms with van der Waals surface area (Å²) in [6, 6.07) is 6.61. The number of aryl methyl sites for hydroxylation is 1. The number of sulfone groups is 1. The van der Waals surface area contributed by atoms with Gasteiger partial charge in [-0.25, -0.2) is 13.4 Å². The number of nitrogens with one attached hydrogen (secondary N) is 1. The van der Waals surface area contributed by atoms with Crippen molar-refractivity contribution in [2.45, 2.75) is 44.5 Å². The Kier molecular flexibility index (Phi) is 8.44. The zero-order valence-electron chi connectivity index (χ0n) is 22.1. The van der Waals surface area contributed by atoms with Crippen LogP contribution < -0.4 is 10.1 Å². The maximum atomic E-state index is 13.3. The molecule has 0 aliphatic carbocycles. The first-order valence-corrected chi connectivity index (χ1v) is 16.6. The van der Waals surface area contributed by atoms with Gasteiger partial charge < -0.3 is 14.2 Å². The minimum Gasteiger partial charge on any atom is -0.486 e. The molecule has 40 heavy (non-hydrogen) atoms. The SMILES string of the molecule is C=CC(=O)N1CCCC[C@@H](n2c(NC(=O)c3ccnc(C)c3)nc3cc(O[C@@H]4CCS(=O)(=O)CP4)cc(Cl)c32)C1. The quantitative estimate of drug-likeness (QED) is 0.324. The van der Waals surface area contributed by atoms with E-state index < -0.39 is 9.84 Å². The highest BCUT2D eigenvalue weighted by Crippen LogP contribution is 2.39. The second kappa shape index (κ2) is 11.8. The molecule has 2 aromatic heterocycles. The number of hydrogen-bond donors (Lipinski definition) is 1. The topological polar surface area (TPSA) is 123 Å². The number of benzene rings is 1. The number of halogens is 1. The Morgan fingerprint density at radius 1 is 1.25 bits per heavy atom. The van der Waals surface area contributed by atoms with Gasteiger partial charge in [-0.3, -0.25) is 19.9 Å². The number of imidazole rings is 1. The summed E-state index contributed by atoms with van der Waals surface area (Å²) in [5.41, 5.74) is 2.43. The number of anilines is 1. The van der Waals surface area contributed by atoms with E-state index in [1.165, 1.54) is 6.08 Å². The van der Waals surface area contributed by atoms with Crippen molar-refractivity contribution in [1.82, 2.24) is 19.4 Å². The summed E-state index contributed by atoms with van der Waals surface area (Å²) in [7, 11) is -2.87. The van der Waals surface area contributed by atoms with Gasteiger partial charge in [0.2, 0.25) is 11.9 Å². The lowest BCUT2D eigenvalue weighted by Gasteiger charge is -2.26. The number of hydrogen-bond acceptors (Lipinski definition) is 7. The fourth-order valence-corrected chi connectivity index (χ4v) is 9.12. The summed E-state index contributed by atoms with van der Waals surface area (Å²) in [6.07, 6.45) is 5.81. The van der Waals surface area contributed by atoms with Gasteiger partial charge in [0.05, 0.1) is 33.3 Å². The molecule has 2 aliphatic heterocycles. The lowest BCUT2D eigenvalue weighted by atomic mass is 10.1. The largest absolute Gasteiger partial charge is 0.486 e. The molecular weight excluding hydrogens is 573 g/mol. The van der Waals surface area contributed by atoms with Crippen LogP contribution in [0.4, 0.5) is 5.95 Å². The van der Waals surface area contributed by atoms with Crippen LogP contribution in [0.5, 0.6) is 5.75 Å². The maximum absolute atomic E-state index is 13.3. The van der Waals surface area contributed by atoms with Crippen LogP contribution in [0.3, 0.4) is 0 Å². The normalized spacial score (nSPS) is 21.6. The molecule has 2 fully saturated rings.